The second-order valence-corrected chi connectivity index (χ2v) is 4.67. The number of hydrogen-bond acceptors (Lipinski definition) is 2. The molecule has 1 rings (SSSR count). The van der Waals surface area contributed by atoms with E-state index in [2.05, 4.69) is 61.6 Å². The molecule has 1 unspecified atom stereocenters. The molecule has 18 heavy (non-hydrogen) atoms. The lowest BCUT2D eigenvalue weighted by Crippen LogP contribution is -2.24. The fraction of sp³-hybridized carbons (Fsp3) is 0.571. The first-order valence-corrected chi connectivity index (χ1v) is 6.10. The molecule has 0 radical (unpaired) electrons. The van der Waals surface area contributed by atoms with Gasteiger partial charge in [-0.25, -0.2) is 0 Å². The molecule has 0 aliphatic rings. The molecule has 1 aromatic rings. The number of nitrogens with zero attached hydrogens (tertiary/aromatic N) is 1. The van der Waals surface area contributed by atoms with Crippen molar-refractivity contribution in [3.05, 3.63) is 35.9 Å². The zero-order chi connectivity index (χ0) is 11.8. The van der Waals surface area contributed by atoms with Crippen molar-refractivity contribution in [2.75, 3.05) is 33.7 Å². The maximum absolute atomic E-state index is 3.51. The van der Waals surface area contributed by atoms with Crippen molar-refractivity contribution in [1.82, 2.24) is 10.2 Å². The van der Waals surface area contributed by atoms with Crippen LogP contribution in [0.1, 0.15) is 24.8 Å². The lowest BCUT2D eigenvalue weighted by Gasteiger charge is -2.14. The van der Waals surface area contributed by atoms with Gasteiger partial charge in [-0.2, -0.15) is 0 Å². The number of nitrogens with one attached hydrogen (secondary N) is 1. The first-order chi connectivity index (χ1) is 7.70. The third-order valence-electron chi connectivity index (χ3n) is 2.78. The van der Waals surface area contributed by atoms with Crippen LogP contribution in [-0.4, -0.2) is 38.6 Å². The van der Waals surface area contributed by atoms with Crippen LogP contribution in [-0.2, 0) is 0 Å². The Morgan fingerprint density at radius 2 is 1.72 bits per heavy atom. The van der Waals surface area contributed by atoms with E-state index in [0.29, 0.717) is 5.92 Å². The maximum atomic E-state index is 3.51. The molecule has 4 heteroatoms. The molecule has 0 spiro atoms. The van der Waals surface area contributed by atoms with E-state index in [0.717, 1.165) is 19.6 Å². The van der Waals surface area contributed by atoms with E-state index in [1.807, 2.05) is 0 Å². The predicted octanol–water partition coefficient (Wildman–Crippen LogP) is 3.18. The van der Waals surface area contributed by atoms with Gasteiger partial charge in [0.1, 0.15) is 0 Å². The summed E-state index contributed by atoms with van der Waals surface area (Å²) in [5.74, 6) is 0.598. The van der Waals surface area contributed by atoms with Crippen LogP contribution >= 0.6 is 24.8 Å². The lowest BCUT2D eigenvalue weighted by molar-refractivity contribution is 0.393. The van der Waals surface area contributed by atoms with Crippen molar-refractivity contribution in [1.29, 1.82) is 0 Å². The van der Waals surface area contributed by atoms with Crippen molar-refractivity contribution in [3.63, 3.8) is 0 Å². The fourth-order valence-corrected chi connectivity index (χ4v) is 1.74. The number of hydrogen-bond donors (Lipinski definition) is 1. The van der Waals surface area contributed by atoms with E-state index < -0.39 is 0 Å². The third kappa shape index (κ3) is 8.76. The zero-order valence-electron chi connectivity index (χ0n) is 11.6. The van der Waals surface area contributed by atoms with Gasteiger partial charge in [-0.15, -0.1) is 24.8 Å². The van der Waals surface area contributed by atoms with Crippen molar-refractivity contribution in [2.45, 2.75) is 19.3 Å². The molecule has 0 aliphatic carbocycles. The van der Waals surface area contributed by atoms with Gasteiger partial charge in [-0.1, -0.05) is 37.3 Å². The molecular formula is C14H26Cl2N2. The van der Waals surface area contributed by atoms with Gasteiger partial charge in [0.05, 0.1) is 0 Å². The average Bonchev–Trinajstić information content (AvgIpc) is 2.29. The largest absolute Gasteiger partial charge is 0.316 e. The fourth-order valence-electron chi connectivity index (χ4n) is 1.74. The highest BCUT2D eigenvalue weighted by Gasteiger charge is 2.03. The molecule has 0 heterocycles. The van der Waals surface area contributed by atoms with Crippen molar-refractivity contribution >= 4 is 24.8 Å². The Hall–Kier alpha value is -0.280. The summed E-state index contributed by atoms with van der Waals surface area (Å²) in [7, 11) is 4.24. The molecule has 0 amide bonds. The van der Waals surface area contributed by atoms with E-state index in [-0.39, 0.29) is 24.8 Å². The van der Waals surface area contributed by atoms with Crippen LogP contribution in [0.15, 0.2) is 30.3 Å². The predicted molar refractivity (Wildman–Crippen MR) is 85.4 cm³/mol. The van der Waals surface area contributed by atoms with Crippen LogP contribution in [0.4, 0.5) is 0 Å². The topological polar surface area (TPSA) is 15.3 Å². The van der Waals surface area contributed by atoms with Crippen LogP contribution in [0.3, 0.4) is 0 Å². The second kappa shape index (κ2) is 11.8. The quantitative estimate of drug-likeness (QED) is 0.777. The molecule has 1 aromatic carbocycles. The minimum absolute atomic E-state index is 0. The van der Waals surface area contributed by atoms with Gasteiger partial charge in [0, 0.05) is 6.54 Å². The van der Waals surface area contributed by atoms with Crippen LogP contribution < -0.4 is 5.32 Å². The smallest absolute Gasteiger partial charge is 0.00174 e. The van der Waals surface area contributed by atoms with Crippen molar-refractivity contribution in [3.8, 4) is 0 Å². The Morgan fingerprint density at radius 3 is 2.28 bits per heavy atom. The van der Waals surface area contributed by atoms with Gasteiger partial charge in [0.2, 0.25) is 0 Å². The van der Waals surface area contributed by atoms with E-state index in [1.54, 1.807) is 0 Å². The van der Waals surface area contributed by atoms with E-state index in [1.165, 1.54) is 12.0 Å². The van der Waals surface area contributed by atoms with Gasteiger partial charge >= 0.3 is 0 Å². The molecule has 106 valence electrons. The van der Waals surface area contributed by atoms with Gasteiger partial charge in [-0.3, -0.25) is 0 Å². The summed E-state index contributed by atoms with van der Waals surface area (Å²) in [6.07, 6.45) is 1.22. The van der Waals surface area contributed by atoms with E-state index in [4.69, 9.17) is 0 Å². The average molecular weight is 293 g/mol. The first-order valence-electron chi connectivity index (χ1n) is 6.10. The number of halogens is 2. The molecule has 0 saturated carbocycles. The second-order valence-electron chi connectivity index (χ2n) is 4.67. The highest BCUT2D eigenvalue weighted by atomic mass is 35.5. The Bertz CT molecular complexity index is 278. The molecule has 0 bridgehead atoms. The summed E-state index contributed by atoms with van der Waals surface area (Å²) in [5, 5.41) is 3.51. The van der Waals surface area contributed by atoms with Gasteiger partial charge in [-0.05, 0) is 45.1 Å². The molecule has 0 aromatic heterocycles. The number of benzene rings is 1. The van der Waals surface area contributed by atoms with Crippen LogP contribution in [0.25, 0.3) is 0 Å². The lowest BCUT2D eigenvalue weighted by atomic mass is 10.0. The number of rotatable bonds is 7. The third-order valence-corrected chi connectivity index (χ3v) is 2.78. The highest BCUT2D eigenvalue weighted by Crippen LogP contribution is 2.12. The molecule has 1 atom stereocenters. The molecule has 0 fully saturated rings. The monoisotopic (exact) mass is 292 g/mol. The van der Waals surface area contributed by atoms with Crippen LogP contribution in [0.2, 0.25) is 0 Å². The normalized spacial score (nSPS) is 11.6. The molecule has 2 nitrogen and oxygen atoms in total. The first kappa shape index (κ1) is 20.0. The van der Waals surface area contributed by atoms with Crippen LogP contribution in [0.5, 0.6) is 0 Å². The van der Waals surface area contributed by atoms with E-state index >= 15 is 0 Å². The molecule has 1 N–H and O–H groups in total. The standard InChI is InChI=1S/C14H24N2.2ClH/c1-13(14-8-5-4-6-9-14)12-15-10-7-11-16(2)3;;/h4-6,8-9,13,15H,7,10-12H2,1-3H3;2*1H. The summed E-state index contributed by atoms with van der Waals surface area (Å²) in [4.78, 5) is 2.22. The minimum Gasteiger partial charge on any atom is -0.316 e. The molecular weight excluding hydrogens is 267 g/mol. The van der Waals surface area contributed by atoms with Gasteiger partial charge in [0.25, 0.3) is 0 Å². The molecule has 0 aliphatic heterocycles. The maximum Gasteiger partial charge on any atom is 0.00174 e. The SMILES string of the molecule is CC(CNCCCN(C)C)c1ccccc1.Cl.Cl. The Balaban J connectivity index is 0. The Morgan fingerprint density at radius 1 is 1.11 bits per heavy atom. The minimum atomic E-state index is 0. The summed E-state index contributed by atoms with van der Waals surface area (Å²) in [6.45, 7) is 5.60. The van der Waals surface area contributed by atoms with Crippen LogP contribution in [0, 0.1) is 0 Å². The zero-order valence-corrected chi connectivity index (χ0v) is 13.2. The summed E-state index contributed by atoms with van der Waals surface area (Å²) in [6, 6.07) is 10.7. The van der Waals surface area contributed by atoms with E-state index in [9.17, 15) is 0 Å². The Labute approximate surface area is 124 Å². The van der Waals surface area contributed by atoms with Gasteiger partial charge in [0.15, 0.2) is 0 Å². The molecule has 0 saturated heterocycles. The van der Waals surface area contributed by atoms with Crippen molar-refractivity contribution < 1.29 is 0 Å². The highest BCUT2D eigenvalue weighted by molar-refractivity contribution is 5.85. The Kier molecular flexibility index (Phi) is 13.1. The van der Waals surface area contributed by atoms with Gasteiger partial charge < -0.3 is 10.2 Å². The van der Waals surface area contributed by atoms with Crippen molar-refractivity contribution in [2.24, 2.45) is 0 Å². The summed E-state index contributed by atoms with van der Waals surface area (Å²) < 4.78 is 0. The summed E-state index contributed by atoms with van der Waals surface area (Å²) >= 11 is 0. The summed E-state index contributed by atoms with van der Waals surface area (Å²) in [5.41, 5.74) is 1.42.